The van der Waals surface area contributed by atoms with Crippen LogP contribution in [0.4, 0.5) is 10.5 Å². The average molecular weight is 460 g/mol. The van der Waals surface area contributed by atoms with Gasteiger partial charge in [-0.2, -0.15) is 0 Å². The Kier molecular flexibility index (Phi) is 4.83. The van der Waals surface area contributed by atoms with Gasteiger partial charge in [-0.3, -0.25) is 0 Å². The Morgan fingerprint density at radius 3 is 2.53 bits per heavy atom. The molecule has 150 valence electrons. The van der Waals surface area contributed by atoms with Gasteiger partial charge in [-0.15, -0.1) is 0 Å². The first kappa shape index (κ1) is 18.9. The lowest BCUT2D eigenvalue weighted by molar-refractivity contribution is 0.193. The number of nitrogens with zero attached hydrogens (tertiary/aromatic N) is 1. The van der Waals surface area contributed by atoms with Crippen LogP contribution in [0, 0.1) is 6.92 Å². The summed E-state index contributed by atoms with van der Waals surface area (Å²) in [7, 11) is 0. The molecular formula is C25H22BrN3O. The monoisotopic (exact) mass is 459 g/mol. The molecule has 4 aromatic rings. The lowest BCUT2D eigenvalue weighted by Gasteiger charge is -2.36. The van der Waals surface area contributed by atoms with Gasteiger partial charge < -0.3 is 15.2 Å². The smallest absolute Gasteiger partial charge is 0.322 e. The topological polar surface area (TPSA) is 48.1 Å². The zero-order valence-electron chi connectivity index (χ0n) is 16.7. The molecule has 0 unspecified atom stereocenters. The van der Waals surface area contributed by atoms with Crippen LogP contribution in [0.2, 0.25) is 0 Å². The summed E-state index contributed by atoms with van der Waals surface area (Å²) in [6.07, 6.45) is 0.829. The second kappa shape index (κ2) is 7.65. The molecule has 1 aliphatic heterocycles. The number of fused-ring (bicyclic) bond motifs is 3. The number of aryl methyl sites for hydroxylation is 1. The molecule has 5 rings (SSSR count). The van der Waals surface area contributed by atoms with Crippen LogP contribution >= 0.6 is 15.9 Å². The van der Waals surface area contributed by atoms with Gasteiger partial charge in [0.2, 0.25) is 0 Å². The van der Waals surface area contributed by atoms with Crippen molar-refractivity contribution in [3.8, 4) is 0 Å². The van der Waals surface area contributed by atoms with Gasteiger partial charge in [0, 0.05) is 33.3 Å². The zero-order valence-corrected chi connectivity index (χ0v) is 18.2. The molecule has 1 aliphatic rings. The quantitative estimate of drug-likeness (QED) is 0.356. The number of para-hydroxylation sites is 1. The first-order chi connectivity index (χ1) is 14.6. The molecule has 0 aliphatic carbocycles. The number of aromatic amines is 1. The van der Waals surface area contributed by atoms with Crippen LogP contribution in [-0.4, -0.2) is 22.5 Å². The minimum atomic E-state index is -0.155. The van der Waals surface area contributed by atoms with Crippen LogP contribution in [0.15, 0.2) is 77.3 Å². The Morgan fingerprint density at radius 2 is 1.77 bits per heavy atom. The molecule has 0 radical (unpaired) electrons. The molecule has 30 heavy (non-hydrogen) atoms. The van der Waals surface area contributed by atoms with Gasteiger partial charge in [0.1, 0.15) is 0 Å². The van der Waals surface area contributed by atoms with E-state index in [0.29, 0.717) is 6.54 Å². The molecule has 2 heterocycles. The number of rotatable bonds is 2. The number of nitrogens with one attached hydrogen (secondary N) is 2. The van der Waals surface area contributed by atoms with Crippen molar-refractivity contribution in [3.63, 3.8) is 0 Å². The van der Waals surface area contributed by atoms with Gasteiger partial charge in [-0.05, 0) is 54.8 Å². The number of H-pyrrole nitrogens is 1. The Hall–Kier alpha value is -3.05. The van der Waals surface area contributed by atoms with E-state index in [1.54, 1.807) is 0 Å². The van der Waals surface area contributed by atoms with Gasteiger partial charge >= 0.3 is 6.03 Å². The summed E-state index contributed by atoms with van der Waals surface area (Å²) >= 11 is 3.44. The predicted octanol–water partition coefficient (Wildman–Crippen LogP) is 6.42. The summed E-state index contributed by atoms with van der Waals surface area (Å²) < 4.78 is 0.985. The SMILES string of the molecule is Cc1ccc([C@H]2c3[nH]c4ccccc4c3CCN2C(=O)Nc2ccc(Br)cc2)cc1. The van der Waals surface area contributed by atoms with Crippen molar-refractivity contribution in [2.75, 3.05) is 11.9 Å². The third-order valence-electron chi connectivity index (χ3n) is 5.78. The maximum Gasteiger partial charge on any atom is 0.322 e. The van der Waals surface area contributed by atoms with Gasteiger partial charge in [0.15, 0.2) is 0 Å². The predicted molar refractivity (Wildman–Crippen MR) is 125 cm³/mol. The van der Waals surface area contributed by atoms with E-state index in [1.807, 2.05) is 35.2 Å². The highest BCUT2D eigenvalue weighted by molar-refractivity contribution is 9.10. The van der Waals surface area contributed by atoms with Gasteiger partial charge in [0.05, 0.1) is 6.04 Å². The Labute approximate surface area is 184 Å². The van der Waals surface area contributed by atoms with E-state index in [0.717, 1.165) is 33.4 Å². The van der Waals surface area contributed by atoms with E-state index in [9.17, 15) is 4.79 Å². The number of hydrogen-bond donors (Lipinski definition) is 2. The van der Waals surface area contributed by atoms with E-state index in [4.69, 9.17) is 0 Å². The second-order valence-corrected chi connectivity index (χ2v) is 8.67. The van der Waals surface area contributed by atoms with Crippen molar-refractivity contribution in [2.24, 2.45) is 0 Å². The van der Waals surface area contributed by atoms with E-state index in [-0.39, 0.29) is 12.1 Å². The summed E-state index contributed by atoms with van der Waals surface area (Å²) in [5, 5.41) is 4.31. The molecule has 0 saturated carbocycles. The molecule has 5 heteroatoms. The highest BCUT2D eigenvalue weighted by Crippen LogP contribution is 2.38. The first-order valence-corrected chi connectivity index (χ1v) is 10.9. The standard InChI is InChI=1S/C25H22BrN3O/c1-16-6-8-17(9-7-16)24-23-21(20-4-2-3-5-22(20)28-23)14-15-29(24)25(30)27-19-12-10-18(26)11-13-19/h2-13,24,28H,14-15H2,1H3,(H,27,30)/t24-/m0/s1. The fourth-order valence-electron chi connectivity index (χ4n) is 4.28. The van der Waals surface area contributed by atoms with E-state index in [2.05, 4.69) is 75.6 Å². The molecule has 2 amide bonds. The molecule has 0 saturated heterocycles. The normalized spacial score (nSPS) is 15.8. The highest BCUT2D eigenvalue weighted by atomic mass is 79.9. The summed E-state index contributed by atoms with van der Waals surface area (Å²) in [5.41, 5.74) is 6.64. The van der Waals surface area contributed by atoms with Crippen LogP contribution in [0.3, 0.4) is 0 Å². The van der Waals surface area contributed by atoms with Gasteiger partial charge in [-0.1, -0.05) is 64.0 Å². The highest BCUT2D eigenvalue weighted by Gasteiger charge is 2.34. The third-order valence-corrected chi connectivity index (χ3v) is 6.31. The van der Waals surface area contributed by atoms with Crippen LogP contribution in [0.25, 0.3) is 10.9 Å². The third kappa shape index (κ3) is 3.39. The number of carbonyl (C=O) groups is 1. The van der Waals surface area contributed by atoms with Crippen molar-refractivity contribution in [1.82, 2.24) is 9.88 Å². The molecule has 3 aromatic carbocycles. The summed E-state index contributed by atoms with van der Waals surface area (Å²) in [5.74, 6) is 0. The lowest BCUT2D eigenvalue weighted by atomic mass is 9.92. The number of halogens is 1. The maximum absolute atomic E-state index is 13.3. The summed E-state index contributed by atoms with van der Waals surface area (Å²) in [4.78, 5) is 18.9. The molecule has 1 atom stereocenters. The van der Waals surface area contributed by atoms with E-state index in [1.165, 1.54) is 16.5 Å². The Balaban J connectivity index is 1.56. The lowest BCUT2D eigenvalue weighted by Crippen LogP contribution is -2.43. The van der Waals surface area contributed by atoms with Crippen LogP contribution in [-0.2, 0) is 6.42 Å². The average Bonchev–Trinajstić information content (AvgIpc) is 3.14. The van der Waals surface area contributed by atoms with Crippen LogP contribution in [0.1, 0.15) is 28.4 Å². The zero-order chi connectivity index (χ0) is 20.7. The molecule has 0 fully saturated rings. The van der Waals surface area contributed by atoms with Crippen LogP contribution in [0.5, 0.6) is 0 Å². The second-order valence-electron chi connectivity index (χ2n) is 7.76. The van der Waals surface area contributed by atoms with Crippen molar-refractivity contribution < 1.29 is 4.79 Å². The number of aromatic nitrogens is 1. The van der Waals surface area contributed by atoms with Crippen LogP contribution < -0.4 is 5.32 Å². The van der Waals surface area contributed by atoms with E-state index < -0.39 is 0 Å². The number of anilines is 1. The van der Waals surface area contributed by atoms with E-state index >= 15 is 0 Å². The number of carbonyl (C=O) groups excluding carboxylic acids is 1. The number of urea groups is 1. The van der Waals surface area contributed by atoms with Gasteiger partial charge in [-0.25, -0.2) is 4.79 Å². The minimum absolute atomic E-state index is 0.0906. The van der Waals surface area contributed by atoms with Gasteiger partial charge in [0.25, 0.3) is 0 Å². The van der Waals surface area contributed by atoms with Crippen molar-refractivity contribution in [3.05, 3.63) is 99.7 Å². The van der Waals surface area contributed by atoms with Crippen molar-refractivity contribution in [2.45, 2.75) is 19.4 Å². The molecule has 2 N–H and O–H groups in total. The van der Waals surface area contributed by atoms with Crippen molar-refractivity contribution >= 4 is 38.6 Å². The molecule has 0 spiro atoms. The largest absolute Gasteiger partial charge is 0.356 e. The molecule has 1 aromatic heterocycles. The molecule has 0 bridgehead atoms. The summed E-state index contributed by atoms with van der Waals surface area (Å²) in [6, 6.07) is 24.3. The Bertz CT molecular complexity index is 1210. The summed E-state index contributed by atoms with van der Waals surface area (Å²) in [6.45, 7) is 2.74. The molecular weight excluding hydrogens is 438 g/mol. The number of amides is 2. The fraction of sp³-hybridized carbons (Fsp3) is 0.160. The number of benzene rings is 3. The fourth-order valence-corrected chi connectivity index (χ4v) is 4.55. The Morgan fingerprint density at radius 1 is 1.03 bits per heavy atom. The minimum Gasteiger partial charge on any atom is -0.356 e. The maximum atomic E-state index is 13.3. The number of hydrogen-bond acceptors (Lipinski definition) is 1. The van der Waals surface area contributed by atoms with Crippen molar-refractivity contribution in [1.29, 1.82) is 0 Å². The first-order valence-electron chi connectivity index (χ1n) is 10.1. The molecule has 4 nitrogen and oxygen atoms in total.